The van der Waals surface area contributed by atoms with Gasteiger partial charge in [-0.2, -0.15) is 0 Å². The number of primary amides is 1. The van der Waals surface area contributed by atoms with Crippen molar-refractivity contribution >= 4 is 28.9 Å². The van der Waals surface area contributed by atoms with Crippen LogP contribution in [0.2, 0.25) is 0 Å². The number of rotatable bonds is 3. The van der Waals surface area contributed by atoms with E-state index in [1.807, 2.05) is 0 Å². The van der Waals surface area contributed by atoms with Crippen molar-refractivity contribution in [3.63, 3.8) is 0 Å². The number of aromatic amines is 1. The first-order valence-corrected chi connectivity index (χ1v) is 5.29. The van der Waals surface area contributed by atoms with Gasteiger partial charge in [-0.1, -0.05) is 6.07 Å². The lowest BCUT2D eigenvalue weighted by Crippen LogP contribution is -2.04. The van der Waals surface area contributed by atoms with Crippen molar-refractivity contribution in [3.05, 3.63) is 41.6 Å². The lowest BCUT2D eigenvalue weighted by Gasteiger charge is -1.99. The van der Waals surface area contributed by atoms with E-state index in [1.54, 1.807) is 30.5 Å². The Morgan fingerprint density at radius 3 is 2.83 bits per heavy atom. The van der Waals surface area contributed by atoms with E-state index in [2.05, 4.69) is 9.72 Å². The first-order chi connectivity index (χ1) is 8.61. The van der Waals surface area contributed by atoms with Gasteiger partial charge in [0, 0.05) is 23.2 Å². The van der Waals surface area contributed by atoms with Gasteiger partial charge in [0.25, 0.3) is 0 Å². The molecule has 0 fully saturated rings. The Hall–Kier alpha value is -2.56. The summed E-state index contributed by atoms with van der Waals surface area (Å²) in [5, 5.41) is 0.903. The second-order valence-corrected chi connectivity index (χ2v) is 3.73. The Labute approximate surface area is 103 Å². The van der Waals surface area contributed by atoms with Crippen LogP contribution < -0.4 is 5.73 Å². The molecule has 0 saturated carbocycles. The molecular formula is C13H12N2O3. The molecule has 0 aliphatic rings. The zero-order valence-corrected chi connectivity index (χ0v) is 9.77. The van der Waals surface area contributed by atoms with Crippen molar-refractivity contribution in [3.8, 4) is 0 Å². The molecule has 0 aliphatic carbocycles. The summed E-state index contributed by atoms with van der Waals surface area (Å²) in [5.74, 6) is -0.892. The van der Waals surface area contributed by atoms with Crippen molar-refractivity contribution in [2.75, 3.05) is 7.11 Å². The highest BCUT2D eigenvalue weighted by atomic mass is 16.5. The minimum Gasteiger partial charge on any atom is -0.465 e. The van der Waals surface area contributed by atoms with Crippen molar-refractivity contribution in [1.82, 2.24) is 4.98 Å². The lowest BCUT2D eigenvalue weighted by atomic mass is 10.1. The van der Waals surface area contributed by atoms with E-state index in [1.165, 1.54) is 13.2 Å². The van der Waals surface area contributed by atoms with Gasteiger partial charge in [0.15, 0.2) is 0 Å². The number of aromatic nitrogens is 1. The molecule has 0 atom stereocenters. The van der Waals surface area contributed by atoms with Crippen LogP contribution in [-0.4, -0.2) is 24.0 Å². The Morgan fingerprint density at radius 2 is 2.17 bits per heavy atom. The summed E-state index contributed by atoms with van der Waals surface area (Å²) in [5.41, 5.74) is 7.13. The Kier molecular flexibility index (Phi) is 3.14. The number of carbonyl (C=O) groups excluding carboxylic acids is 2. The quantitative estimate of drug-likeness (QED) is 0.633. The number of nitrogens with one attached hydrogen (secondary N) is 1. The van der Waals surface area contributed by atoms with Crippen molar-refractivity contribution in [2.24, 2.45) is 5.73 Å². The third kappa shape index (κ3) is 2.24. The molecule has 0 bridgehead atoms. The number of hydrogen-bond donors (Lipinski definition) is 2. The fourth-order valence-electron chi connectivity index (χ4n) is 1.70. The maximum atomic E-state index is 11.4. The second kappa shape index (κ2) is 4.75. The number of fused-ring (bicyclic) bond motifs is 1. The van der Waals surface area contributed by atoms with E-state index < -0.39 is 5.91 Å². The number of hydrogen-bond acceptors (Lipinski definition) is 3. The smallest absolute Gasteiger partial charge is 0.337 e. The van der Waals surface area contributed by atoms with Crippen LogP contribution in [0.1, 0.15) is 15.9 Å². The summed E-state index contributed by atoms with van der Waals surface area (Å²) >= 11 is 0. The van der Waals surface area contributed by atoms with Crippen LogP contribution in [0.4, 0.5) is 0 Å². The summed E-state index contributed by atoms with van der Waals surface area (Å²) in [6, 6.07) is 5.16. The molecule has 1 amide bonds. The van der Waals surface area contributed by atoms with Gasteiger partial charge in [-0.05, 0) is 23.8 Å². The highest BCUT2D eigenvalue weighted by Gasteiger charge is 2.08. The van der Waals surface area contributed by atoms with Crippen LogP contribution in [0.25, 0.3) is 17.0 Å². The van der Waals surface area contributed by atoms with Crippen LogP contribution in [0.15, 0.2) is 30.5 Å². The predicted molar refractivity (Wildman–Crippen MR) is 67.9 cm³/mol. The molecule has 2 aromatic rings. The van der Waals surface area contributed by atoms with Crippen LogP contribution in [0, 0.1) is 0 Å². The second-order valence-electron chi connectivity index (χ2n) is 3.73. The SMILES string of the molecule is COC(=O)c1ccc2c(/C=C\C(N)=O)c[nH]c2c1. The molecule has 1 heterocycles. The molecule has 1 aromatic heterocycles. The average Bonchev–Trinajstić information content (AvgIpc) is 2.77. The summed E-state index contributed by atoms with van der Waals surface area (Å²) < 4.78 is 4.64. The number of nitrogens with two attached hydrogens (primary N) is 1. The molecule has 3 N–H and O–H groups in total. The summed E-state index contributed by atoms with van der Waals surface area (Å²) in [6.45, 7) is 0. The van der Waals surface area contributed by atoms with E-state index in [9.17, 15) is 9.59 Å². The number of carbonyl (C=O) groups is 2. The van der Waals surface area contributed by atoms with Gasteiger partial charge in [0.05, 0.1) is 12.7 Å². The van der Waals surface area contributed by atoms with E-state index in [0.717, 1.165) is 16.5 Å². The average molecular weight is 244 g/mol. The summed E-state index contributed by atoms with van der Waals surface area (Å²) in [4.78, 5) is 25.1. The highest BCUT2D eigenvalue weighted by molar-refractivity contribution is 5.98. The van der Waals surface area contributed by atoms with Gasteiger partial charge in [0.2, 0.25) is 5.91 Å². The largest absolute Gasteiger partial charge is 0.465 e. The fourth-order valence-corrected chi connectivity index (χ4v) is 1.70. The zero-order chi connectivity index (χ0) is 13.1. The molecule has 0 unspecified atom stereocenters. The number of esters is 1. The van der Waals surface area contributed by atoms with Gasteiger partial charge < -0.3 is 15.5 Å². The van der Waals surface area contributed by atoms with Crippen LogP contribution in [-0.2, 0) is 9.53 Å². The number of methoxy groups -OCH3 is 1. The van der Waals surface area contributed by atoms with Gasteiger partial charge in [-0.25, -0.2) is 4.79 Å². The molecule has 5 nitrogen and oxygen atoms in total. The third-order valence-corrected chi connectivity index (χ3v) is 2.56. The number of benzene rings is 1. The van der Waals surface area contributed by atoms with Crippen molar-refractivity contribution < 1.29 is 14.3 Å². The normalized spacial score (nSPS) is 10.9. The molecule has 0 aliphatic heterocycles. The van der Waals surface area contributed by atoms with Crippen molar-refractivity contribution in [2.45, 2.75) is 0 Å². The first-order valence-electron chi connectivity index (χ1n) is 5.29. The number of ether oxygens (including phenoxy) is 1. The Balaban J connectivity index is 2.43. The topological polar surface area (TPSA) is 85.2 Å². The predicted octanol–water partition coefficient (Wildman–Crippen LogP) is 1.45. The zero-order valence-electron chi connectivity index (χ0n) is 9.77. The molecule has 92 valence electrons. The number of H-pyrrole nitrogens is 1. The number of amides is 1. The molecule has 0 saturated heterocycles. The van der Waals surface area contributed by atoms with Crippen LogP contribution in [0.3, 0.4) is 0 Å². The van der Waals surface area contributed by atoms with Gasteiger partial charge in [-0.15, -0.1) is 0 Å². The van der Waals surface area contributed by atoms with E-state index in [4.69, 9.17) is 5.73 Å². The van der Waals surface area contributed by atoms with Crippen molar-refractivity contribution in [1.29, 1.82) is 0 Å². The summed E-state index contributed by atoms with van der Waals surface area (Å²) in [6.07, 6.45) is 4.65. The lowest BCUT2D eigenvalue weighted by molar-refractivity contribution is -0.113. The standard InChI is InChI=1S/C13H12N2O3/c1-18-13(17)8-2-4-10-9(3-5-12(14)16)7-15-11(10)6-8/h2-7,15H,1H3,(H2,14,16)/b5-3-. The Morgan fingerprint density at radius 1 is 1.39 bits per heavy atom. The molecule has 0 radical (unpaired) electrons. The maximum Gasteiger partial charge on any atom is 0.337 e. The molecule has 5 heteroatoms. The maximum absolute atomic E-state index is 11.4. The van der Waals surface area contributed by atoms with E-state index in [0.29, 0.717) is 5.56 Å². The van der Waals surface area contributed by atoms with Gasteiger partial charge in [-0.3, -0.25) is 4.79 Å². The van der Waals surface area contributed by atoms with Gasteiger partial charge >= 0.3 is 5.97 Å². The molecule has 1 aromatic carbocycles. The van der Waals surface area contributed by atoms with Gasteiger partial charge in [0.1, 0.15) is 0 Å². The van der Waals surface area contributed by atoms with E-state index in [-0.39, 0.29) is 5.97 Å². The first kappa shape index (κ1) is 11.9. The monoisotopic (exact) mass is 244 g/mol. The highest BCUT2D eigenvalue weighted by Crippen LogP contribution is 2.21. The fraction of sp³-hybridized carbons (Fsp3) is 0.0769. The van der Waals surface area contributed by atoms with Crippen LogP contribution >= 0.6 is 0 Å². The Bertz CT molecular complexity index is 641. The molecule has 2 rings (SSSR count). The third-order valence-electron chi connectivity index (χ3n) is 2.56. The minimum absolute atomic E-state index is 0.388. The molecule has 18 heavy (non-hydrogen) atoms. The minimum atomic E-state index is -0.504. The molecule has 0 spiro atoms. The molecular weight excluding hydrogens is 232 g/mol. The summed E-state index contributed by atoms with van der Waals surface area (Å²) in [7, 11) is 1.34. The van der Waals surface area contributed by atoms with E-state index >= 15 is 0 Å². The van der Waals surface area contributed by atoms with Crippen LogP contribution in [0.5, 0.6) is 0 Å².